The van der Waals surface area contributed by atoms with Gasteiger partial charge in [0.25, 0.3) is 5.91 Å². The molecule has 4 aliphatic rings. The number of piperidine rings is 1. The lowest BCUT2D eigenvalue weighted by Crippen LogP contribution is -2.48. The molecule has 0 aliphatic carbocycles. The number of ether oxygens (including phenoxy) is 1. The molecule has 0 aromatic heterocycles. The first kappa shape index (κ1) is 31.3. The van der Waals surface area contributed by atoms with Gasteiger partial charge in [-0.25, -0.2) is 9.18 Å². The van der Waals surface area contributed by atoms with E-state index >= 15 is 0 Å². The molecule has 0 unspecified atom stereocenters. The predicted molar refractivity (Wildman–Crippen MR) is 173 cm³/mol. The number of fused-ring (bicyclic) bond motifs is 1. The van der Waals surface area contributed by atoms with Crippen LogP contribution < -0.4 is 4.90 Å². The van der Waals surface area contributed by atoms with Gasteiger partial charge < -0.3 is 24.5 Å². The van der Waals surface area contributed by atoms with E-state index in [2.05, 4.69) is 16.1 Å². The maximum absolute atomic E-state index is 14.8. The molecule has 9 nitrogen and oxygen atoms in total. The number of anilines is 1. The van der Waals surface area contributed by atoms with Crippen LogP contribution >= 0.6 is 11.6 Å². The number of nitrogens with zero attached hydrogens (tertiary/aromatic N) is 3. The van der Waals surface area contributed by atoms with Crippen molar-refractivity contribution in [3.8, 4) is 0 Å². The van der Waals surface area contributed by atoms with Crippen LogP contribution in [-0.4, -0.2) is 72.3 Å². The number of aromatic carboxylic acids is 1. The average Bonchev–Trinajstić information content (AvgIpc) is 3.55. The number of carbonyl (C=O) groups excluding carboxylic acids is 2. The molecule has 244 valence electrons. The van der Waals surface area contributed by atoms with Crippen molar-refractivity contribution in [1.82, 2.24) is 4.90 Å². The first-order valence-corrected chi connectivity index (χ1v) is 16.4. The summed E-state index contributed by atoms with van der Waals surface area (Å²) >= 11 is 5.98. The zero-order chi connectivity index (χ0) is 32.7. The van der Waals surface area contributed by atoms with Gasteiger partial charge in [-0.15, -0.1) is 0 Å². The highest BCUT2D eigenvalue weighted by atomic mass is 35.5. The number of rotatable bonds is 8. The summed E-state index contributed by atoms with van der Waals surface area (Å²) in [5.74, 6) is -0.960. The van der Waals surface area contributed by atoms with Crippen molar-refractivity contribution in [2.45, 2.75) is 44.2 Å². The number of carboxylic acid groups (broad SMARTS) is 1. The molecule has 2 saturated heterocycles. The molecule has 3 aromatic rings. The number of benzene rings is 3. The Kier molecular flexibility index (Phi) is 8.72. The highest BCUT2D eigenvalue weighted by Crippen LogP contribution is 2.40. The van der Waals surface area contributed by atoms with Crippen LogP contribution in [0.4, 0.5) is 10.1 Å². The summed E-state index contributed by atoms with van der Waals surface area (Å²) in [6.45, 7) is 3.84. The van der Waals surface area contributed by atoms with E-state index in [0.717, 1.165) is 56.0 Å². The molecule has 2 atom stereocenters. The summed E-state index contributed by atoms with van der Waals surface area (Å²) in [4.78, 5) is 49.2. The predicted octanol–water partition coefficient (Wildman–Crippen LogP) is 5.47. The van der Waals surface area contributed by atoms with Crippen molar-refractivity contribution in [2.24, 2.45) is 17.0 Å². The number of oxime groups is 1. The molecule has 4 heterocycles. The van der Waals surface area contributed by atoms with Crippen LogP contribution in [0.3, 0.4) is 0 Å². The topological polar surface area (TPSA) is 109 Å². The van der Waals surface area contributed by atoms with Crippen molar-refractivity contribution in [2.75, 3.05) is 37.7 Å². The Balaban J connectivity index is 1.16. The van der Waals surface area contributed by atoms with Gasteiger partial charge >= 0.3 is 5.97 Å². The molecule has 11 heteroatoms. The number of amides is 1. The zero-order valence-corrected chi connectivity index (χ0v) is 26.5. The maximum Gasteiger partial charge on any atom is 0.335 e. The van der Waals surface area contributed by atoms with Gasteiger partial charge in [-0.1, -0.05) is 47.1 Å². The summed E-state index contributed by atoms with van der Waals surface area (Å²) in [7, 11) is 0. The number of hydrogen-bond acceptors (Lipinski definition) is 7. The van der Waals surface area contributed by atoms with Crippen LogP contribution in [0.2, 0.25) is 5.02 Å². The van der Waals surface area contributed by atoms with E-state index in [1.165, 1.54) is 18.2 Å². The third-order valence-corrected chi connectivity index (χ3v) is 10.3. The van der Waals surface area contributed by atoms with Gasteiger partial charge in [0.1, 0.15) is 6.04 Å². The van der Waals surface area contributed by atoms with E-state index in [4.69, 9.17) is 21.2 Å². The van der Waals surface area contributed by atoms with E-state index in [-0.39, 0.29) is 40.5 Å². The fraction of sp³-hybridized carbons (Fsp3) is 0.389. The van der Waals surface area contributed by atoms with Gasteiger partial charge in [-0.3, -0.25) is 9.59 Å². The van der Waals surface area contributed by atoms with E-state index in [9.17, 15) is 23.9 Å². The van der Waals surface area contributed by atoms with Crippen LogP contribution in [0.25, 0.3) is 0 Å². The summed E-state index contributed by atoms with van der Waals surface area (Å²) in [6.07, 6.45) is 1.77. The maximum atomic E-state index is 14.8. The van der Waals surface area contributed by atoms with Crippen molar-refractivity contribution in [1.29, 1.82) is 0 Å². The Bertz CT molecular complexity index is 1730. The van der Waals surface area contributed by atoms with Crippen molar-refractivity contribution < 1.29 is 33.5 Å². The molecule has 7 rings (SSSR count). The highest BCUT2D eigenvalue weighted by molar-refractivity contribution is 6.31. The molecular formula is C36H35ClFN3O6. The Labute approximate surface area is 276 Å². The summed E-state index contributed by atoms with van der Waals surface area (Å²) < 4.78 is 20.2. The molecule has 1 amide bonds. The molecular weight excluding hydrogens is 625 g/mol. The largest absolute Gasteiger partial charge is 0.478 e. The first-order chi connectivity index (χ1) is 22.8. The van der Waals surface area contributed by atoms with Crippen LogP contribution in [0.1, 0.15) is 57.9 Å². The standard InChI is InChI=1S/C36H35ClFN3O6/c37-28-5-1-4-27(33(28)38)29-18-32(47-39-29)35(43)41-16-13-25-26(34(41)31(42)17-21-7-9-23(10-8-21)36(44)45)3-2-6-30(25)40-14-11-22(12-15-40)24-19-46-20-24/h1-10,22,24,32,34H,11-20H2,(H,44,45)/t32-,34+/m1/s1. The summed E-state index contributed by atoms with van der Waals surface area (Å²) in [6, 6.07) is 15.9. The molecule has 0 radical (unpaired) electrons. The smallest absolute Gasteiger partial charge is 0.335 e. The number of Topliss-reactive ketones (excluding diaryl/α,β-unsaturated/α-hetero) is 1. The number of carbonyl (C=O) groups is 3. The van der Waals surface area contributed by atoms with Gasteiger partial charge in [0.15, 0.2) is 11.6 Å². The third-order valence-electron chi connectivity index (χ3n) is 9.98. The number of hydrogen-bond donors (Lipinski definition) is 1. The highest BCUT2D eigenvalue weighted by Gasteiger charge is 2.42. The molecule has 0 bridgehead atoms. The van der Waals surface area contributed by atoms with Gasteiger partial charge in [-0.05, 0) is 72.2 Å². The lowest BCUT2D eigenvalue weighted by molar-refractivity contribution is -0.149. The first-order valence-electron chi connectivity index (χ1n) is 16.1. The molecule has 1 N–H and O–H groups in total. The second kappa shape index (κ2) is 13.1. The number of halogens is 2. The molecule has 4 aliphatic heterocycles. The lowest BCUT2D eigenvalue weighted by Gasteiger charge is -2.43. The van der Waals surface area contributed by atoms with Gasteiger partial charge in [0.2, 0.25) is 6.10 Å². The Hall–Kier alpha value is -4.28. The number of ketones is 1. The number of carboxylic acids is 1. The minimum Gasteiger partial charge on any atom is -0.478 e. The Morgan fingerprint density at radius 2 is 1.70 bits per heavy atom. The van der Waals surface area contributed by atoms with Gasteiger partial charge in [-0.2, -0.15) is 0 Å². The molecule has 3 aromatic carbocycles. The van der Waals surface area contributed by atoms with Crippen molar-refractivity contribution in [3.63, 3.8) is 0 Å². The normalized spacial score (nSPS) is 21.4. The average molecular weight is 660 g/mol. The molecule has 0 saturated carbocycles. The van der Waals surface area contributed by atoms with Crippen molar-refractivity contribution in [3.05, 3.63) is 99.3 Å². The van der Waals surface area contributed by atoms with Crippen LogP contribution in [0.15, 0.2) is 65.8 Å². The van der Waals surface area contributed by atoms with E-state index < -0.39 is 29.8 Å². The monoisotopic (exact) mass is 659 g/mol. The van der Waals surface area contributed by atoms with E-state index in [0.29, 0.717) is 30.4 Å². The Morgan fingerprint density at radius 1 is 0.957 bits per heavy atom. The lowest BCUT2D eigenvalue weighted by atomic mass is 9.82. The van der Waals surface area contributed by atoms with Crippen LogP contribution in [0.5, 0.6) is 0 Å². The molecule has 2 fully saturated rings. The fourth-order valence-electron chi connectivity index (χ4n) is 7.31. The minimum atomic E-state index is -1.05. The van der Waals surface area contributed by atoms with Gasteiger partial charge in [0.05, 0.1) is 29.5 Å². The third kappa shape index (κ3) is 6.12. The van der Waals surface area contributed by atoms with Crippen molar-refractivity contribution >= 4 is 40.7 Å². The van der Waals surface area contributed by atoms with E-state index in [1.54, 1.807) is 29.2 Å². The molecule has 0 spiro atoms. The summed E-state index contributed by atoms with van der Waals surface area (Å²) in [5, 5.41) is 13.3. The second-order valence-corrected chi connectivity index (χ2v) is 13.1. The SMILES string of the molecule is O=C(O)c1ccc(CC(=O)[C@@H]2c3cccc(N4CCC(C5COC5)CC4)c3CCN2C(=O)[C@H]2CC(c3cccc(Cl)c3F)=NO2)cc1. The van der Waals surface area contributed by atoms with Crippen LogP contribution in [0, 0.1) is 17.7 Å². The second-order valence-electron chi connectivity index (χ2n) is 12.7. The zero-order valence-electron chi connectivity index (χ0n) is 25.7. The minimum absolute atomic E-state index is 0.00780. The Morgan fingerprint density at radius 3 is 2.40 bits per heavy atom. The molecule has 47 heavy (non-hydrogen) atoms. The summed E-state index contributed by atoms with van der Waals surface area (Å²) in [5.41, 5.74) is 4.17. The van der Waals surface area contributed by atoms with Gasteiger partial charge in [0, 0.05) is 49.6 Å². The van der Waals surface area contributed by atoms with Crippen LogP contribution in [-0.2, 0) is 32.0 Å². The fourth-order valence-corrected chi connectivity index (χ4v) is 7.49. The quantitative estimate of drug-likeness (QED) is 0.342. The van der Waals surface area contributed by atoms with E-state index in [1.807, 2.05) is 12.1 Å².